The summed E-state index contributed by atoms with van der Waals surface area (Å²) in [6.07, 6.45) is 1.14. The van der Waals surface area contributed by atoms with E-state index in [1.807, 2.05) is 31.1 Å². The maximum absolute atomic E-state index is 6.21. The van der Waals surface area contributed by atoms with Gasteiger partial charge in [-0.05, 0) is 18.6 Å². The van der Waals surface area contributed by atoms with Gasteiger partial charge in [-0.2, -0.15) is 0 Å². The van der Waals surface area contributed by atoms with E-state index in [0.717, 1.165) is 42.6 Å². The highest BCUT2D eigenvalue weighted by molar-refractivity contribution is 6.34. The molecule has 2 rings (SSSR count). The number of halogens is 1. The first-order valence-electron chi connectivity index (χ1n) is 5.96. The van der Waals surface area contributed by atoms with E-state index in [-0.39, 0.29) is 0 Å². The van der Waals surface area contributed by atoms with Crippen LogP contribution < -0.4 is 10.2 Å². The molecule has 1 saturated heterocycles. The molecule has 3 nitrogen and oxygen atoms in total. The number of ether oxygens (including phenoxy) is 1. The molecule has 1 aromatic rings. The summed E-state index contributed by atoms with van der Waals surface area (Å²) < 4.78 is 5.37. The predicted molar refractivity (Wildman–Crippen MR) is 73.2 cm³/mol. The van der Waals surface area contributed by atoms with Crippen molar-refractivity contribution in [3.8, 4) is 0 Å². The Labute approximate surface area is 108 Å². The molecule has 0 amide bonds. The van der Waals surface area contributed by atoms with E-state index in [9.17, 15) is 0 Å². The van der Waals surface area contributed by atoms with Crippen molar-refractivity contribution in [2.24, 2.45) is 5.92 Å². The van der Waals surface area contributed by atoms with E-state index in [2.05, 4.69) is 11.4 Å². The number of nitrogens with zero attached hydrogens (tertiary/aromatic N) is 1. The zero-order valence-corrected chi connectivity index (χ0v) is 11.1. The molecular weight excluding hydrogens is 236 g/mol. The zero-order valence-electron chi connectivity index (χ0n) is 10.4. The van der Waals surface area contributed by atoms with Crippen LogP contribution in [0.1, 0.15) is 6.42 Å². The fourth-order valence-corrected chi connectivity index (χ4v) is 2.45. The first-order chi connectivity index (χ1) is 8.18. The third-order valence-electron chi connectivity index (χ3n) is 3.04. The minimum atomic E-state index is 0.615. The Hall–Kier alpha value is -0.930. The standard InChI is InChI=1S/C13H19ClN2O/c1-16(2)13-11(14)4-3-5-12(13)15-8-10-6-7-17-9-10/h3-5,10,15H,6-9H2,1-2H3. The van der Waals surface area contributed by atoms with E-state index < -0.39 is 0 Å². The maximum Gasteiger partial charge on any atom is 0.0786 e. The summed E-state index contributed by atoms with van der Waals surface area (Å²) in [5.74, 6) is 0.615. The lowest BCUT2D eigenvalue weighted by Crippen LogP contribution is -2.17. The Kier molecular flexibility index (Phi) is 4.13. The van der Waals surface area contributed by atoms with E-state index in [1.54, 1.807) is 0 Å². The van der Waals surface area contributed by atoms with Gasteiger partial charge in [-0.15, -0.1) is 0 Å². The predicted octanol–water partition coefficient (Wildman–Crippen LogP) is 2.85. The third-order valence-corrected chi connectivity index (χ3v) is 3.34. The highest BCUT2D eigenvalue weighted by atomic mass is 35.5. The van der Waals surface area contributed by atoms with Crippen LogP contribution in [0.25, 0.3) is 0 Å². The largest absolute Gasteiger partial charge is 0.383 e. The molecule has 0 bridgehead atoms. The SMILES string of the molecule is CN(C)c1c(Cl)cccc1NCC1CCOC1. The van der Waals surface area contributed by atoms with Crippen LogP contribution in [0.4, 0.5) is 11.4 Å². The van der Waals surface area contributed by atoms with E-state index in [0.29, 0.717) is 5.92 Å². The number of rotatable bonds is 4. The topological polar surface area (TPSA) is 24.5 Å². The van der Waals surface area contributed by atoms with Crippen LogP contribution in [0.3, 0.4) is 0 Å². The van der Waals surface area contributed by atoms with Gasteiger partial charge in [-0.25, -0.2) is 0 Å². The summed E-state index contributed by atoms with van der Waals surface area (Å²) in [5.41, 5.74) is 2.14. The first-order valence-corrected chi connectivity index (χ1v) is 6.33. The van der Waals surface area contributed by atoms with Crippen LogP contribution in [0, 0.1) is 5.92 Å². The fourth-order valence-electron chi connectivity index (χ4n) is 2.11. The third kappa shape index (κ3) is 3.05. The van der Waals surface area contributed by atoms with Crippen molar-refractivity contribution in [1.82, 2.24) is 0 Å². The van der Waals surface area contributed by atoms with Crippen molar-refractivity contribution in [3.05, 3.63) is 23.2 Å². The molecule has 1 atom stereocenters. The Balaban J connectivity index is 2.06. The minimum Gasteiger partial charge on any atom is -0.383 e. The van der Waals surface area contributed by atoms with Crippen molar-refractivity contribution in [1.29, 1.82) is 0 Å². The van der Waals surface area contributed by atoms with Crippen molar-refractivity contribution in [3.63, 3.8) is 0 Å². The van der Waals surface area contributed by atoms with Crippen molar-refractivity contribution in [2.45, 2.75) is 6.42 Å². The van der Waals surface area contributed by atoms with Crippen LogP contribution in [0.2, 0.25) is 5.02 Å². The molecule has 1 N–H and O–H groups in total. The molecule has 0 spiro atoms. The van der Waals surface area contributed by atoms with Gasteiger partial charge in [0.05, 0.1) is 23.0 Å². The second kappa shape index (κ2) is 5.61. The highest BCUT2D eigenvalue weighted by Gasteiger charge is 2.16. The van der Waals surface area contributed by atoms with E-state index in [1.165, 1.54) is 0 Å². The molecule has 0 radical (unpaired) electrons. The number of hydrogen-bond acceptors (Lipinski definition) is 3. The highest BCUT2D eigenvalue weighted by Crippen LogP contribution is 2.32. The van der Waals surface area contributed by atoms with Gasteiger partial charge in [0.15, 0.2) is 0 Å². The lowest BCUT2D eigenvalue weighted by atomic mass is 10.1. The minimum absolute atomic E-state index is 0.615. The van der Waals surface area contributed by atoms with Crippen LogP contribution >= 0.6 is 11.6 Å². The smallest absolute Gasteiger partial charge is 0.0786 e. The van der Waals surface area contributed by atoms with E-state index in [4.69, 9.17) is 16.3 Å². The van der Waals surface area contributed by atoms with Crippen molar-refractivity contribution >= 4 is 23.0 Å². The molecule has 0 saturated carbocycles. The van der Waals surface area contributed by atoms with Crippen LogP contribution in [0.15, 0.2) is 18.2 Å². The molecule has 1 heterocycles. The number of hydrogen-bond donors (Lipinski definition) is 1. The van der Waals surface area contributed by atoms with Crippen LogP contribution in [-0.2, 0) is 4.74 Å². The van der Waals surface area contributed by atoms with Crippen molar-refractivity contribution in [2.75, 3.05) is 44.1 Å². The number of anilines is 2. The lowest BCUT2D eigenvalue weighted by molar-refractivity contribution is 0.187. The van der Waals surface area contributed by atoms with E-state index >= 15 is 0 Å². The van der Waals surface area contributed by atoms with Gasteiger partial charge in [0.1, 0.15) is 0 Å². The Morgan fingerprint density at radius 1 is 1.47 bits per heavy atom. The Bertz CT molecular complexity index is 376. The van der Waals surface area contributed by atoms with Crippen LogP contribution in [0.5, 0.6) is 0 Å². The zero-order chi connectivity index (χ0) is 12.3. The van der Waals surface area contributed by atoms with Crippen molar-refractivity contribution < 1.29 is 4.74 Å². The second-order valence-electron chi connectivity index (χ2n) is 4.64. The molecular formula is C13H19ClN2O. The molecule has 1 aromatic carbocycles. The van der Waals surface area contributed by atoms with Gasteiger partial charge in [-0.3, -0.25) is 0 Å². The molecule has 1 unspecified atom stereocenters. The summed E-state index contributed by atoms with van der Waals surface area (Å²) in [6.45, 7) is 2.70. The van der Waals surface area contributed by atoms with Gasteiger partial charge in [-0.1, -0.05) is 17.7 Å². The Morgan fingerprint density at radius 3 is 2.94 bits per heavy atom. The molecule has 0 aliphatic carbocycles. The molecule has 17 heavy (non-hydrogen) atoms. The second-order valence-corrected chi connectivity index (χ2v) is 5.05. The van der Waals surface area contributed by atoms with Gasteiger partial charge in [0.2, 0.25) is 0 Å². The molecule has 4 heteroatoms. The fraction of sp³-hybridized carbons (Fsp3) is 0.538. The van der Waals surface area contributed by atoms with Crippen LogP contribution in [-0.4, -0.2) is 33.9 Å². The average molecular weight is 255 g/mol. The van der Waals surface area contributed by atoms with Gasteiger partial charge in [0.25, 0.3) is 0 Å². The lowest BCUT2D eigenvalue weighted by Gasteiger charge is -2.21. The Morgan fingerprint density at radius 2 is 2.29 bits per heavy atom. The van der Waals surface area contributed by atoms with Gasteiger partial charge in [0, 0.05) is 33.2 Å². The number of benzene rings is 1. The molecule has 0 aromatic heterocycles. The summed E-state index contributed by atoms with van der Waals surface area (Å²) >= 11 is 6.21. The molecule has 1 aliphatic rings. The molecule has 1 fully saturated rings. The van der Waals surface area contributed by atoms with Gasteiger partial charge < -0.3 is 15.0 Å². The normalized spacial score (nSPS) is 19.4. The summed E-state index contributed by atoms with van der Waals surface area (Å²) in [5, 5.41) is 4.25. The van der Waals surface area contributed by atoms with Gasteiger partial charge >= 0.3 is 0 Å². The maximum atomic E-state index is 6.21. The number of para-hydroxylation sites is 1. The quantitative estimate of drug-likeness (QED) is 0.894. The molecule has 94 valence electrons. The summed E-state index contributed by atoms with van der Waals surface area (Å²) in [7, 11) is 4.01. The number of nitrogens with one attached hydrogen (secondary N) is 1. The molecule has 1 aliphatic heterocycles. The first kappa shape index (κ1) is 12.5. The monoisotopic (exact) mass is 254 g/mol. The summed E-state index contributed by atoms with van der Waals surface area (Å²) in [4.78, 5) is 2.04. The summed E-state index contributed by atoms with van der Waals surface area (Å²) in [6, 6.07) is 5.96. The average Bonchev–Trinajstić information content (AvgIpc) is 2.78.